The van der Waals surface area contributed by atoms with Crippen molar-refractivity contribution in [2.24, 2.45) is 0 Å². The van der Waals surface area contributed by atoms with Crippen LogP contribution in [0, 0.1) is 0 Å². The van der Waals surface area contributed by atoms with Crippen LogP contribution in [0.4, 0.5) is 11.4 Å². The molecule has 2 nitrogen and oxygen atoms in total. The minimum Gasteiger partial charge on any atom is -0.398 e. The van der Waals surface area contributed by atoms with E-state index in [-0.39, 0.29) is 0 Å². The van der Waals surface area contributed by atoms with E-state index in [0.29, 0.717) is 0 Å². The van der Waals surface area contributed by atoms with Crippen LogP contribution < -0.4 is 11.5 Å². The Balaban J connectivity index is 3.20. The Bertz CT molecular complexity index is 316. The second kappa shape index (κ2) is 3.99. The molecule has 0 heterocycles. The fourth-order valence-electron chi connectivity index (χ4n) is 1.41. The lowest BCUT2D eigenvalue weighted by Gasteiger charge is -2.10. The minimum atomic E-state index is 0.742. The van der Waals surface area contributed by atoms with Gasteiger partial charge in [-0.1, -0.05) is 19.1 Å². The molecule has 0 radical (unpaired) electrons. The Morgan fingerprint density at radius 3 is 2.62 bits per heavy atom. The molecule has 2 heteroatoms. The summed E-state index contributed by atoms with van der Waals surface area (Å²) in [6, 6.07) is 3.89. The fourth-order valence-corrected chi connectivity index (χ4v) is 1.41. The molecular weight excluding hydrogens is 160 g/mol. The van der Waals surface area contributed by atoms with E-state index >= 15 is 0 Å². The van der Waals surface area contributed by atoms with Crippen LogP contribution >= 0.6 is 0 Å². The van der Waals surface area contributed by atoms with Gasteiger partial charge in [0.25, 0.3) is 0 Å². The SMILES string of the molecule is C=CCc1c(N)ccc(CC)c1N. The molecule has 0 aliphatic heterocycles. The number of nitrogens with two attached hydrogens (primary N) is 2. The molecule has 1 aromatic carbocycles. The van der Waals surface area contributed by atoms with Gasteiger partial charge in [0.2, 0.25) is 0 Å². The van der Waals surface area contributed by atoms with Crippen LogP contribution in [-0.2, 0) is 12.8 Å². The molecule has 0 amide bonds. The van der Waals surface area contributed by atoms with Gasteiger partial charge in [-0.15, -0.1) is 6.58 Å². The summed E-state index contributed by atoms with van der Waals surface area (Å²) < 4.78 is 0. The summed E-state index contributed by atoms with van der Waals surface area (Å²) in [6.07, 6.45) is 3.50. The first-order chi connectivity index (χ1) is 6.20. The quantitative estimate of drug-likeness (QED) is 0.547. The number of benzene rings is 1. The summed E-state index contributed by atoms with van der Waals surface area (Å²) in [6.45, 7) is 5.77. The smallest absolute Gasteiger partial charge is 0.0402 e. The fraction of sp³-hybridized carbons (Fsp3) is 0.273. The van der Waals surface area contributed by atoms with Gasteiger partial charge >= 0.3 is 0 Å². The average Bonchev–Trinajstić information content (AvgIpc) is 2.12. The summed E-state index contributed by atoms with van der Waals surface area (Å²) in [5, 5.41) is 0. The maximum Gasteiger partial charge on any atom is 0.0402 e. The van der Waals surface area contributed by atoms with Crippen LogP contribution in [0.25, 0.3) is 0 Å². The molecule has 4 N–H and O–H groups in total. The number of hydrogen-bond donors (Lipinski definition) is 2. The van der Waals surface area contributed by atoms with Crippen LogP contribution in [0.15, 0.2) is 24.8 Å². The van der Waals surface area contributed by atoms with Crippen LogP contribution in [0.2, 0.25) is 0 Å². The highest BCUT2D eigenvalue weighted by Crippen LogP contribution is 2.24. The molecule has 0 bridgehead atoms. The standard InChI is InChI=1S/C11H16N2/c1-3-5-9-10(12)7-6-8(4-2)11(9)13/h3,6-7H,1,4-5,12-13H2,2H3. The third-order valence-electron chi connectivity index (χ3n) is 2.21. The molecule has 1 rings (SSSR count). The molecule has 70 valence electrons. The van der Waals surface area contributed by atoms with Crippen molar-refractivity contribution in [3.8, 4) is 0 Å². The highest BCUT2D eigenvalue weighted by atomic mass is 14.6. The largest absolute Gasteiger partial charge is 0.398 e. The van der Waals surface area contributed by atoms with Crippen molar-refractivity contribution in [3.05, 3.63) is 35.9 Å². The molecule has 0 aliphatic carbocycles. The summed E-state index contributed by atoms with van der Waals surface area (Å²) in [5.74, 6) is 0. The Hall–Kier alpha value is -1.44. The zero-order chi connectivity index (χ0) is 9.84. The predicted octanol–water partition coefficient (Wildman–Crippen LogP) is 2.14. The van der Waals surface area contributed by atoms with E-state index in [1.807, 2.05) is 18.2 Å². The third-order valence-corrected chi connectivity index (χ3v) is 2.21. The van der Waals surface area contributed by atoms with Crippen molar-refractivity contribution in [1.82, 2.24) is 0 Å². The molecule has 0 fully saturated rings. The van der Waals surface area contributed by atoms with Gasteiger partial charge in [-0.25, -0.2) is 0 Å². The Labute approximate surface area is 79.2 Å². The zero-order valence-corrected chi connectivity index (χ0v) is 8.01. The van der Waals surface area contributed by atoms with Gasteiger partial charge in [0.15, 0.2) is 0 Å². The Kier molecular flexibility index (Phi) is 2.96. The molecule has 1 aromatic rings. The molecule has 13 heavy (non-hydrogen) atoms. The topological polar surface area (TPSA) is 52.0 Å². The predicted molar refractivity (Wildman–Crippen MR) is 58.5 cm³/mol. The van der Waals surface area contributed by atoms with Gasteiger partial charge < -0.3 is 11.5 Å². The highest BCUT2D eigenvalue weighted by Gasteiger charge is 2.05. The first-order valence-corrected chi connectivity index (χ1v) is 4.47. The monoisotopic (exact) mass is 176 g/mol. The van der Waals surface area contributed by atoms with Gasteiger partial charge in [-0.3, -0.25) is 0 Å². The normalized spacial score (nSPS) is 9.92. The van der Waals surface area contributed by atoms with Crippen molar-refractivity contribution >= 4 is 11.4 Å². The maximum absolute atomic E-state index is 5.95. The number of nitrogen functional groups attached to an aromatic ring is 2. The van der Waals surface area contributed by atoms with Gasteiger partial charge in [-0.2, -0.15) is 0 Å². The van der Waals surface area contributed by atoms with Crippen LogP contribution in [0.5, 0.6) is 0 Å². The van der Waals surface area contributed by atoms with Gasteiger partial charge in [0, 0.05) is 16.9 Å². The van der Waals surface area contributed by atoms with Gasteiger partial charge in [-0.05, 0) is 24.5 Å². The van der Waals surface area contributed by atoms with E-state index in [4.69, 9.17) is 11.5 Å². The molecular formula is C11H16N2. The number of allylic oxidation sites excluding steroid dienone is 1. The lowest BCUT2D eigenvalue weighted by Crippen LogP contribution is -2.02. The highest BCUT2D eigenvalue weighted by molar-refractivity contribution is 5.65. The average molecular weight is 176 g/mol. The third kappa shape index (κ3) is 1.83. The van der Waals surface area contributed by atoms with E-state index in [1.54, 1.807) is 0 Å². The van der Waals surface area contributed by atoms with Gasteiger partial charge in [0.05, 0.1) is 0 Å². The van der Waals surface area contributed by atoms with Crippen molar-refractivity contribution in [2.75, 3.05) is 11.5 Å². The molecule has 0 spiro atoms. The summed E-state index contributed by atoms with van der Waals surface area (Å²) >= 11 is 0. The Morgan fingerprint density at radius 2 is 2.08 bits per heavy atom. The number of rotatable bonds is 3. The number of anilines is 2. The van der Waals surface area contributed by atoms with Crippen LogP contribution in [0.1, 0.15) is 18.1 Å². The molecule has 0 aromatic heterocycles. The second-order valence-corrected chi connectivity index (χ2v) is 3.05. The van der Waals surface area contributed by atoms with E-state index in [9.17, 15) is 0 Å². The van der Waals surface area contributed by atoms with Crippen LogP contribution in [0.3, 0.4) is 0 Å². The van der Waals surface area contributed by atoms with Crippen molar-refractivity contribution in [3.63, 3.8) is 0 Å². The number of hydrogen-bond acceptors (Lipinski definition) is 2. The summed E-state index contributed by atoms with van der Waals surface area (Å²) in [5.41, 5.74) is 15.5. The summed E-state index contributed by atoms with van der Waals surface area (Å²) in [4.78, 5) is 0. The lowest BCUT2D eigenvalue weighted by atomic mass is 10.0. The van der Waals surface area contributed by atoms with Crippen molar-refractivity contribution in [1.29, 1.82) is 0 Å². The second-order valence-electron chi connectivity index (χ2n) is 3.05. The molecule has 0 saturated carbocycles. The van der Waals surface area contributed by atoms with Crippen LogP contribution in [-0.4, -0.2) is 0 Å². The van der Waals surface area contributed by atoms with E-state index in [2.05, 4.69) is 13.5 Å². The van der Waals surface area contributed by atoms with E-state index in [0.717, 1.165) is 35.3 Å². The Morgan fingerprint density at radius 1 is 1.38 bits per heavy atom. The molecule has 0 atom stereocenters. The maximum atomic E-state index is 5.95. The molecule has 0 saturated heterocycles. The van der Waals surface area contributed by atoms with Crippen molar-refractivity contribution in [2.45, 2.75) is 19.8 Å². The summed E-state index contributed by atoms with van der Waals surface area (Å²) in [7, 11) is 0. The van der Waals surface area contributed by atoms with Crippen molar-refractivity contribution < 1.29 is 0 Å². The first kappa shape index (κ1) is 9.65. The first-order valence-electron chi connectivity index (χ1n) is 4.47. The minimum absolute atomic E-state index is 0.742. The number of aryl methyl sites for hydroxylation is 1. The molecule has 0 unspecified atom stereocenters. The zero-order valence-electron chi connectivity index (χ0n) is 8.01. The van der Waals surface area contributed by atoms with Gasteiger partial charge in [0.1, 0.15) is 0 Å². The molecule has 0 aliphatic rings. The van der Waals surface area contributed by atoms with E-state index in [1.165, 1.54) is 0 Å². The van der Waals surface area contributed by atoms with E-state index < -0.39 is 0 Å². The lowest BCUT2D eigenvalue weighted by molar-refractivity contribution is 1.13.